The second-order valence-electron chi connectivity index (χ2n) is 5.96. The summed E-state index contributed by atoms with van der Waals surface area (Å²) in [6, 6.07) is 3.50. The maximum atomic E-state index is 12.5. The van der Waals surface area contributed by atoms with Gasteiger partial charge in [-0.25, -0.2) is 4.68 Å². The van der Waals surface area contributed by atoms with Crippen LogP contribution >= 0.6 is 0 Å². The molecule has 0 aliphatic carbocycles. The van der Waals surface area contributed by atoms with Crippen LogP contribution in [-0.2, 0) is 4.79 Å². The molecule has 0 saturated heterocycles. The van der Waals surface area contributed by atoms with E-state index in [9.17, 15) is 9.59 Å². The fourth-order valence-electron chi connectivity index (χ4n) is 2.75. The van der Waals surface area contributed by atoms with Gasteiger partial charge in [0.05, 0.1) is 5.69 Å². The standard InChI is InChI=1S/C17H22N4O2/c1-9-7-10(2)15(11(3)8-9)18-17(23)13(5)21-12(4)16(14(6)22)19-20-21/h7-8,13H,1-6H3,(H,18,23). The molecule has 0 bridgehead atoms. The fourth-order valence-corrected chi connectivity index (χ4v) is 2.75. The van der Waals surface area contributed by atoms with Crippen molar-refractivity contribution in [3.05, 3.63) is 40.2 Å². The molecule has 6 nitrogen and oxygen atoms in total. The number of aromatic nitrogens is 3. The van der Waals surface area contributed by atoms with Crippen LogP contribution in [0.4, 0.5) is 5.69 Å². The largest absolute Gasteiger partial charge is 0.324 e. The average Bonchev–Trinajstić information content (AvgIpc) is 2.83. The predicted molar refractivity (Wildman–Crippen MR) is 88.8 cm³/mol. The summed E-state index contributed by atoms with van der Waals surface area (Å²) in [5.74, 6) is -0.352. The van der Waals surface area contributed by atoms with E-state index in [0.29, 0.717) is 11.4 Å². The number of hydrogen-bond acceptors (Lipinski definition) is 4. The Hall–Kier alpha value is -2.50. The predicted octanol–water partition coefficient (Wildman–Crippen LogP) is 2.91. The third-order valence-corrected chi connectivity index (χ3v) is 3.93. The second kappa shape index (κ2) is 6.32. The first kappa shape index (κ1) is 16.9. The monoisotopic (exact) mass is 314 g/mol. The van der Waals surface area contributed by atoms with Gasteiger partial charge >= 0.3 is 0 Å². The smallest absolute Gasteiger partial charge is 0.249 e. The highest BCUT2D eigenvalue weighted by molar-refractivity contribution is 5.96. The van der Waals surface area contributed by atoms with Crippen molar-refractivity contribution >= 4 is 17.4 Å². The number of Topliss-reactive ketones (excluding diaryl/α,β-unsaturated/α-hetero) is 1. The maximum Gasteiger partial charge on any atom is 0.249 e. The van der Waals surface area contributed by atoms with E-state index in [1.165, 1.54) is 11.6 Å². The van der Waals surface area contributed by atoms with Gasteiger partial charge in [-0.2, -0.15) is 0 Å². The molecule has 0 fully saturated rings. The summed E-state index contributed by atoms with van der Waals surface area (Å²) in [6.07, 6.45) is 0. The number of aryl methyl sites for hydroxylation is 3. The minimum Gasteiger partial charge on any atom is -0.324 e. The molecule has 6 heteroatoms. The summed E-state index contributed by atoms with van der Waals surface area (Å²) in [5, 5.41) is 10.8. The number of anilines is 1. The first-order valence-electron chi connectivity index (χ1n) is 7.53. The Labute approximate surface area is 135 Å². The van der Waals surface area contributed by atoms with Crippen LogP contribution < -0.4 is 5.32 Å². The minimum atomic E-state index is -0.560. The zero-order valence-corrected chi connectivity index (χ0v) is 14.4. The van der Waals surface area contributed by atoms with E-state index in [4.69, 9.17) is 0 Å². The van der Waals surface area contributed by atoms with Gasteiger partial charge in [-0.15, -0.1) is 5.10 Å². The first-order valence-corrected chi connectivity index (χ1v) is 7.53. The summed E-state index contributed by atoms with van der Waals surface area (Å²) < 4.78 is 1.48. The molecule has 1 atom stereocenters. The number of nitrogens with one attached hydrogen (secondary N) is 1. The van der Waals surface area contributed by atoms with Gasteiger partial charge in [-0.1, -0.05) is 22.9 Å². The summed E-state index contributed by atoms with van der Waals surface area (Å²) in [7, 11) is 0. The van der Waals surface area contributed by atoms with Crippen LogP contribution in [0, 0.1) is 27.7 Å². The lowest BCUT2D eigenvalue weighted by Crippen LogP contribution is -2.26. The van der Waals surface area contributed by atoms with Crippen LogP contribution in [0.25, 0.3) is 0 Å². The SMILES string of the molecule is CC(=O)c1nnn(C(C)C(=O)Nc2c(C)cc(C)cc2C)c1C. The number of amides is 1. The number of rotatable bonds is 4. The molecule has 122 valence electrons. The van der Waals surface area contributed by atoms with E-state index in [1.54, 1.807) is 13.8 Å². The Morgan fingerprint density at radius 2 is 1.70 bits per heavy atom. The number of benzene rings is 1. The highest BCUT2D eigenvalue weighted by Crippen LogP contribution is 2.23. The van der Waals surface area contributed by atoms with Crippen LogP contribution in [0.2, 0.25) is 0 Å². The van der Waals surface area contributed by atoms with Gasteiger partial charge in [0.15, 0.2) is 11.5 Å². The molecule has 1 heterocycles. The molecule has 2 rings (SSSR count). The van der Waals surface area contributed by atoms with Crippen molar-refractivity contribution < 1.29 is 9.59 Å². The van der Waals surface area contributed by atoms with Crippen molar-refractivity contribution in [2.24, 2.45) is 0 Å². The highest BCUT2D eigenvalue weighted by Gasteiger charge is 2.22. The van der Waals surface area contributed by atoms with Gasteiger partial charge in [-0.05, 0) is 45.7 Å². The molecule has 1 unspecified atom stereocenters. The third-order valence-electron chi connectivity index (χ3n) is 3.93. The first-order chi connectivity index (χ1) is 10.7. The molecule has 0 saturated carbocycles. The molecular formula is C17H22N4O2. The molecular weight excluding hydrogens is 292 g/mol. The maximum absolute atomic E-state index is 12.5. The third kappa shape index (κ3) is 3.31. The summed E-state index contributed by atoms with van der Waals surface area (Å²) in [6.45, 7) is 10.9. The van der Waals surface area contributed by atoms with Crippen LogP contribution in [-0.4, -0.2) is 26.7 Å². The second-order valence-corrected chi connectivity index (χ2v) is 5.96. The Balaban J connectivity index is 2.26. The Morgan fingerprint density at radius 1 is 1.13 bits per heavy atom. The molecule has 0 radical (unpaired) electrons. The minimum absolute atomic E-state index is 0.161. The lowest BCUT2D eigenvalue weighted by Gasteiger charge is -2.17. The van der Waals surface area contributed by atoms with Gasteiger partial charge in [0.25, 0.3) is 0 Å². The topological polar surface area (TPSA) is 76.9 Å². The molecule has 1 aromatic carbocycles. The molecule has 23 heavy (non-hydrogen) atoms. The normalized spacial score (nSPS) is 12.1. The molecule has 1 aromatic heterocycles. The van der Waals surface area contributed by atoms with E-state index < -0.39 is 6.04 Å². The van der Waals surface area contributed by atoms with E-state index in [2.05, 4.69) is 15.6 Å². The molecule has 0 spiro atoms. The van der Waals surface area contributed by atoms with E-state index in [-0.39, 0.29) is 11.7 Å². The number of ketones is 1. The number of nitrogens with zero attached hydrogens (tertiary/aromatic N) is 3. The quantitative estimate of drug-likeness (QED) is 0.880. The van der Waals surface area contributed by atoms with Gasteiger partial charge < -0.3 is 5.32 Å². The van der Waals surface area contributed by atoms with Gasteiger partial charge in [0.1, 0.15) is 6.04 Å². The average molecular weight is 314 g/mol. The molecule has 2 aromatic rings. The molecule has 1 N–H and O–H groups in total. The number of hydrogen-bond donors (Lipinski definition) is 1. The van der Waals surface area contributed by atoms with Crippen molar-refractivity contribution in [1.29, 1.82) is 0 Å². The van der Waals surface area contributed by atoms with E-state index in [0.717, 1.165) is 22.4 Å². The van der Waals surface area contributed by atoms with E-state index >= 15 is 0 Å². The highest BCUT2D eigenvalue weighted by atomic mass is 16.2. The Morgan fingerprint density at radius 3 is 2.17 bits per heavy atom. The fraction of sp³-hybridized carbons (Fsp3) is 0.412. The molecule has 1 amide bonds. The Kier molecular flexibility index (Phi) is 4.63. The van der Waals surface area contributed by atoms with Gasteiger partial charge in [0.2, 0.25) is 5.91 Å². The summed E-state index contributed by atoms with van der Waals surface area (Å²) >= 11 is 0. The molecule has 0 aliphatic heterocycles. The van der Waals surface area contributed by atoms with Crippen molar-refractivity contribution in [2.45, 2.75) is 47.6 Å². The van der Waals surface area contributed by atoms with Crippen LogP contribution in [0.5, 0.6) is 0 Å². The number of carbonyl (C=O) groups is 2. The van der Waals surface area contributed by atoms with Crippen molar-refractivity contribution in [3.63, 3.8) is 0 Å². The van der Waals surface area contributed by atoms with Crippen molar-refractivity contribution in [1.82, 2.24) is 15.0 Å². The zero-order valence-electron chi connectivity index (χ0n) is 14.4. The van der Waals surface area contributed by atoms with Gasteiger partial charge in [0, 0.05) is 12.6 Å². The van der Waals surface area contributed by atoms with Crippen LogP contribution in [0.3, 0.4) is 0 Å². The van der Waals surface area contributed by atoms with Crippen LogP contribution in [0.15, 0.2) is 12.1 Å². The zero-order chi connectivity index (χ0) is 17.3. The van der Waals surface area contributed by atoms with Gasteiger partial charge in [-0.3, -0.25) is 9.59 Å². The summed E-state index contributed by atoms with van der Waals surface area (Å²) in [4.78, 5) is 24.0. The van der Waals surface area contributed by atoms with Crippen molar-refractivity contribution in [3.8, 4) is 0 Å². The lowest BCUT2D eigenvalue weighted by molar-refractivity contribution is -0.119. The van der Waals surface area contributed by atoms with Crippen molar-refractivity contribution in [2.75, 3.05) is 5.32 Å². The number of carbonyl (C=O) groups excluding carboxylic acids is 2. The molecule has 0 aliphatic rings. The summed E-state index contributed by atoms with van der Waals surface area (Å²) in [5.41, 5.74) is 4.90. The Bertz CT molecular complexity index is 754. The van der Waals surface area contributed by atoms with Crippen LogP contribution in [0.1, 0.15) is 52.8 Å². The lowest BCUT2D eigenvalue weighted by atomic mass is 10.0. The van der Waals surface area contributed by atoms with E-state index in [1.807, 2.05) is 32.9 Å².